The molecule has 0 amide bonds. The molecule has 5 nitrogen and oxygen atoms in total. The molecule has 23 heavy (non-hydrogen) atoms. The maximum absolute atomic E-state index is 13.1. The van der Waals surface area contributed by atoms with Gasteiger partial charge < -0.3 is 0 Å². The highest BCUT2D eigenvalue weighted by atomic mass is 32.2. The molecule has 2 aromatic heterocycles. The summed E-state index contributed by atoms with van der Waals surface area (Å²) in [5, 5.41) is 7.28. The lowest BCUT2D eigenvalue weighted by molar-refractivity contribution is -0.145. The van der Waals surface area contributed by atoms with Crippen molar-refractivity contribution in [1.29, 1.82) is 0 Å². The Morgan fingerprint density at radius 3 is 2.65 bits per heavy atom. The van der Waals surface area contributed by atoms with Crippen LogP contribution < -0.4 is 0 Å². The lowest BCUT2D eigenvalue weighted by Crippen LogP contribution is -2.12. The molecule has 0 aromatic carbocycles. The van der Waals surface area contributed by atoms with Crippen molar-refractivity contribution in [2.24, 2.45) is 5.92 Å². The molecule has 2 rings (SSSR count). The van der Waals surface area contributed by atoms with Crippen LogP contribution >= 0.6 is 11.8 Å². The third kappa shape index (κ3) is 4.10. The van der Waals surface area contributed by atoms with Gasteiger partial charge in [0.2, 0.25) is 5.82 Å². The summed E-state index contributed by atoms with van der Waals surface area (Å²) in [4.78, 5) is 15.2. The van der Waals surface area contributed by atoms with Crippen molar-refractivity contribution in [3.05, 3.63) is 23.8 Å². The van der Waals surface area contributed by atoms with E-state index in [4.69, 9.17) is 0 Å². The van der Waals surface area contributed by atoms with Gasteiger partial charge in [-0.25, -0.2) is 4.98 Å². The highest BCUT2D eigenvalue weighted by Crippen LogP contribution is 2.31. The van der Waals surface area contributed by atoms with Crippen molar-refractivity contribution in [3.8, 4) is 0 Å². The van der Waals surface area contributed by atoms with Crippen LogP contribution in [0.3, 0.4) is 0 Å². The Balaban J connectivity index is 2.61. The number of ketones is 1. The van der Waals surface area contributed by atoms with Gasteiger partial charge in [-0.3, -0.25) is 9.20 Å². The largest absolute Gasteiger partial charge is 0.452 e. The highest BCUT2D eigenvalue weighted by Gasteiger charge is 2.38. The van der Waals surface area contributed by atoms with Crippen LogP contribution in [-0.2, 0) is 11.0 Å². The fraction of sp³-hybridized carbons (Fsp3) is 0.429. The quantitative estimate of drug-likeness (QED) is 0.614. The fourth-order valence-corrected chi connectivity index (χ4v) is 2.64. The molecular formula is C14H15F3N4OS. The molecule has 0 bridgehead atoms. The number of carbonyl (C=O) groups is 1. The van der Waals surface area contributed by atoms with Crippen LogP contribution in [0.2, 0.25) is 0 Å². The molecule has 2 aromatic rings. The van der Waals surface area contributed by atoms with Gasteiger partial charge in [0.25, 0.3) is 0 Å². The molecule has 0 saturated carbocycles. The number of fused-ring (bicyclic) bond motifs is 1. The van der Waals surface area contributed by atoms with Crippen LogP contribution in [0.4, 0.5) is 13.2 Å². The van der Waals surface area contributed by atoms with E-state index in [1.165, 1.54) is 37.0 Å². The number of alkyl halides is 3. The number of hydrogen-bond acceptors (Lipinski definition) is 5. The molecule has 0 aliphatic carbocycles. The lowest BCUT2D eigenvalue weighted by Gasteiger charge is -2.09. The molecule has 0 aliphatic heterocycles. The molecule has 0 fully saturated rings. The zero-order chi connectivity index (χ0) is 17.2. The van der Waals surface area contributed by atoms with Crippen LogP contribution in [0.25, 0.3) is 11.7 Å². The van der Waals surface area contributed by atoms with Gasteiger partial charge in [-0.15, -0.1) is 22.0 Å². The minimum atomic E-state index is -4.65. The van der Waals surface area contributed by atoms with E-state index in [1.807, 2.05) is 13.8 Å². The zero-order valence-electron chi connectivity index (χ0n) is 12.8. The monoisotopic (exact) mass is 344 g/mol. The van der Waals surface area contributed by atoms with E-state index in [0.29, 0.717) is 16.7 Å². The second kappa shape index (κ2) is 6.69. The Labute approximate surface area is 135 Å². The van der Waals surface area contributed by atoms with E-state index in [1.54, 1.807) is 0 Å². The van der Waals surface area contributed by atoms with E-state index in [9.17, 15) is 18.0 Å². The first kappa shape index (κ1) is 17.5. The summed E-state index contributed by atoms with van der Waals surface area (Å²) in [6.45, 7) is 5.31. The average Bonchev–Trinajstić information content (AvgIpc) is 2.88. The van der Waals surface area contributed by atoms with Gasteiger partial charge in [-0.05, 0) is 25.0 Å². The number of thioether (sulfide) groups is 1. The van der Waals surface area contributed by atoms with Gasteiger partial charge in [0, 0.05) is 5.75 Å². The molecule has 0 spiro atoms. The Kier molecular flexibility index (Phi) is 5.08. The van der Waals surface area contributed by atoms with Crippen molar-refractivity contribution in [3.63, 3.8) is 0 Å². The number of rotatable bonds is 5. The molecule has 9 heteroatoms. The van der Waals surface area contributed by atoms with Crippen molar-refractivity contribution >= 4 is 29.3 Å². The second-order valence-corrected chi connectivity index (χ2v) is 6.33. The first-order valence-corrected chi connectivity index (χ1v) is 7.81. The molecule has 124 valence electrons. The minimum Gasteiger partial charge on any atom is -0.295 e. The maximum atomic E-state index is 13.1. The van der Waals surface area contributed by atoms with Crippen LogP contribution in [0, 0.1) is 5.92 Å². The number of allylic oxidation sites excluding steroid dienone is 1. The SMILES string of the molecule is CC(=O)C=Cc1cnc(SCC(C)C)c2nnc(C(F)(F)F)n12. The first-order chi connectivity index (χ1) is 10.7. The zero-order valence-corrected chi connectivity index (χ0v) is 13.6. The molecule has 0 saturated heterocycles. The number of halogens is 3. The maximum Gasteiger partial charge on any atom is 0.452 e. The third-order valence-corrected chi connectivity index (χ3v) is 4.12. The summed E-state index contributed by atoms with van der Waals surface area (Å²) in [5.41, 5.74) is 0.134. The molecule has 2 heterocycles. The van der Waals surface area contributed by atoms with Gasteiger partial charge in [-0.2, -0.15) is 13.2 Å². The van der Waals surface area contributed by atoms with Crippen molar-refractivity contribution < 1.29 is 18.0 Å². The van der Waals surface area contributed by atoms with E-state index in [0.717, 1.165) is 4.40 Å². The smallest absolute Gasteiger partial charge is 0.295 e. The van der Waals surface area contributed by atoms with Gasteiger partial charge in [0.05, 0.1) is 11.9 Å². The summed E-state index contributed by atoms with van der Waals surface area (Å²) in [6.07, 6.45) is -0.914. The first-order valence-electron chi connectivity index (χ1n) is 6.83. The van der Waals surface area contributed by atoms with Gasteiger partial charge in [0.1, 0.15) is 5.03 Å². The number of carbonyl (C=O) groups excluding carboxylic acids is 1. The predicted octanol–water partition coefficient (Wildman–Crippen LogP) is 3.49. The van der Waals surface area contributed by atoms with Gasteiger partial charge in [0.15, 0.2) is 11.4 Å². The number of nitrogens with zero attached hydrogens (tertiary/aromatic N) is 4. The van der Waals surface area contributed by atoms with E-state index >= 15 is 0 Å². The van der Waals surface area contributed by atoms with E-state index in [-0.39, 0.29) is 17.1 Å². The summed E-state index contributed by atoms with van der Waals surface area (Å²) in [6, 6.07) is 0. The number of aromatic nitrogens is 4. The minimum absolute atomic E-state index is 0.0358. The van der Waals surface area contributed by atoms with Crippen LogP contribution in [-0.4, -0.2) is 31.1 Å². The van der Waals surface area contributed by atoms with Crippen molar-refractivity contribution in [1.82, 2.24) is 19.6 Å². The average molecular weight is 344 g/mol. The molecule has 0 aliphatic rings. The predicted molar refractivity (Wildman–Crippen MR) is 81.1 cm³/mol. The molecule has 0 radical (unpaired) electrons. The van der Waals surface area contributed by atoms with E-state index in [2.05, 4.69) is 15.2 Å². The summed E-state index contributed by atoms with van der Waals surface area (Å²) in [7, 11) is 0. The van der Waals surface area contributed by atoms with Crippen molar-refractivity contribution in [2.45, 2.75) is 32.0 Å². The Morgan fingerprint density at radius 2 is 2.09 bits per heavy atom. The van der Waals surface area contributed by atoms with Crippen LogP contribution in [0.15, 0.2) is 17.3 Å². The molecule has 0 atom stereocenters. The molecular weight excluding hydrogens is 329 g/mol. The normalized spacial score (nSPS) is 12.7. The van der Waals surface area contributed by atoms with Gasteiger partial charge in [-0.1, -0.05) is 13.8 Å². The lowest BCUT2D eigenvalue weighted by atomic mass is 10.3. The topological polar surface area (TPSA) is 60.2 Å². The van der Waals surface area contributed by atoms with Crippen LogP contribution in [0.5, 0.6) is 0 Å². The number of hydrogen-bond donors (Lipinski definition) is 0. The second-order valence-electron chi connectivity index (χ2n) is 5.32. The summed E-state index contributed by atoms with van der Waals surface area (Å²) in [5.74, 6) is -0.369. The summed E-state index contributed by atoms with van der Waals surface area (Å²) < 4.78 is 40.3. The Morgan fingerprint density at radius 1 is 1.39 bits per heavy atom. The highest BCUT2D eigenvalue weighted by molar-refractivity contribution is 7.99. The Hall–Kier alpha value is -1.90. The van der Waals surface area contributed by atoms with Crippen LogP contribution in [0.1, 0.15) is 32.3 Å². The third-order valence-electron chi connectivity index (χ3n) is 2.72. The molecule has 0 N–H and O–H groups in total. The molecule has 0 unspecified atom stereocenters. The fourth-order valence-electron chi connectivity index (χ4n) is 1.76. The Bertz CT molecular complexity index is 752. The van der Waals surface area contributed by atoms with E-state index < -0.39 is 12.0 Å². The summed E-state index contributed by atoms with van der Waals surface area (Å²) >= 11 is 1.32. The standard InChI is InChI=1S/C14H15F3N4OS/c1-8(2)7-23-12-11-19-20-13(14(15,16)17)21(11)10(6-18-12)5-4-9(3)22/h4-6,8H,7H2,1-3H3. The van der Waals surface area contributed by atoms with Gasteiger partial charge >= 0.3 is 6.18 Å². The van der Waals surface area contributed by atoms with Crippen molar-refractivity contribution in [2.75, 3.05) is 5.75 Å².